The van der Waals surface area contributed by atoms with Gasteiger partial charge >= 0.3 is 5.97 Å². The Kier molecular flexibility index (Phi) is 6.02. The van der Waals surface area contributed by atoms with E-state index in [2.05, 4.69) is 0 Å². The monoisotopic (exact) mass is 315 g/mol. The molecule has 6 nitrogen and oxygen atoms in total. The molecule has 0 radical (unpaired) electrons. The van der Waals surface area contributed by atoms with E-state index in [0.717, 1.165) is 0 Å². The Labute approximate surface area is 125 Å². The molecule has 0 amide bonds. The van der Waals surface area contributed by atoms with E-state index in [9.17, 15) is 13.2 Å². The summed E-state index contributed by atoms with van der Waals surface area (Å²) in [5.74, 6) is -0.572. The Morgan fingerprint density at radius 1 is 1.33 bits per heavy atom. The number of carbonyl (C=O) groups is 1. The Bertz CT molecular complexity index is 595. The highest BCUT2D eigenvalue weighted by Gasteiger charge is 2.20. The molecule has 0 aromatic heterocycles. The highest BCUT2D eigenvalue weighted by atomic mass is 32.2. The molecule has 0 saturated heterocycles. The van der Waals surface area contributed by atoms with Crippen LogP contribution in [0.1, 0.15) is 31.1 Å². The molecule has 7 heteroatoms. The lowest BCUT2D eigenvalue weighted by atomic mass is 10.1. The van der Waals surface area contributed by atoms with Crippen molar-refractivity contribution in [2.75, 3.05) is 24.7 Å². The maximum atomic E-state index is 12.0. The van der Waals surface area contributed by atoms with Crippen molar-refractivity contribution >= 4 is 21.5 Å². The van der Waals surface area contributed by atoms with E-state index in [1.54, 1.807) is 39.0 Å². The van der Waals surface area contributed by atoms with E-state index in [4.69, 9.17) is 15.2 Å². The van der Waals surface area contributed by atoms with E-state index in [0.29, 0.717) is 12.4 Å². The zero-order valence-corrected chi connectivity index (χ0v) is 13.3. The number of nitrogen functional groups attached to an aromatic ring is 1. The van der Waals surface area contributed by atoms with Gasteiger partial charge in [0.15, 0.2) is 9.84 Å². The molecule has 0 spiro atoms. The number of ether oxygens (including phenoxy) is 2. The predicted molar refractivity (Wildman–Crippen MR) is 81.2 cm³/mol. The number of rotatable bonds is 7. The zero-order valence-electron chi connectivity index (χ0n) is 12.5. The molecular weight excluding hydrogens is 294 g/mol. The minimum absolute atomic E-state index is 0.126. The van der Waals surface area contributed by atoms with Crippen molar-refractivity contribution < 1.29 is 22.7 Å². The van der Waals surface area contributed by atoms with Crippen LogP contribution in [0.15, 0.2) is 18.2 Å². The van der Waals surface area contributed by atoms with Crippen LogP contribution in [0.4, 0.5) is 5.69 Å². The maximum Gasteiger partial charge on any atom is 0.344 e. The highest BCUT2D eigenvalue weighted by Crippen LogP contribution is 2.25. The van der Waals surface area contributed by atoms with Gasteiger partial charge in [0.05, 0.1) is 17.6 Å². The Morgan fingerprint density at radius 2 is 2.00 bits per heavy atom. The molecule has 0 fully saturated rings. The summed E-state index contributed by atoms with van der Waals surface area (Å²) in [4.78, 5) is 12.0. The summed E-state index contributed by atoms with van der Waals surface area (Å²) >= 11 is 0. The lowest BCUT2D eigenvalue weighted by Crippen LogP contribution is -2.22. The van der Waals surface area contributed by atoms with E-state index in [1.165, 1.54) is 0 Å². The van der Waals surface area contributed by atoms with Gasteiger partial charge in [0, 0.05) is 5.69 Å². The molecule has 1 rings (SSSR count). The first-order valence-corrected chi connectivity index (χ1v) is 8.41. The molecular formula is C14H21NO5S. The third kappa shape index (κ3) is 4.63. The summed E-state index contributed by atoms with van der Waals surface area (Å²) < 4.78 is 33.6. The Morgan fingerprint density at radius 3 is 2.57 bits per heavy atom. The summed E-state index contributed by atoms with van der Waals surface area (Å²) in [5, 5.41) is -0.503. The molecule has 0 unspecified atom stereocenters. The van der Waals surface area contributed by atoms with Crippen molar-refractivity contribution in [2.24, 2.45) is 0 Å². The first kappa shape index (κ1) is 17.3. The van der Waals surface area contributed by atoms with E-state index in [-0.39, 0.29) is 23.6 Å². The van der Waals surface area contributed by atoms with Gasteiger partial charge in [0.25, 0.3) is 0 Å². The minimum atomic E-state index is -3.25. The van der Waals surface area contributed by atoms with Crippen molar-refractivity contribution in [3.63, 3.8) is 0 Å². The van der Waals surface area contributed by atoms with Gasteiger partial charge in [-0.2, -0.15) is 0 Å². The van der Waals surface area contributed by atoms with E-state index < -0.39 is 21.1 Å². The van der Waals surface area contributed by atoms with Crippen LogP contribution in [0.5, 0.6) is 5.75 Å². The first-order valence-electron chi connectivity index (χ1n) is 6.69. The van der Waals surface area contributed by atoms with Gasteiger partial charge in [0.1, 0.15) is 17.9 Å². The standard InChI is InChI=1S/C14H21NO5S/c1-4-19-12-7-5-6-11(15)13(12)14(16)20-8-9-21(17,18)10(2)3/h5-7,10H,4,8-9,15H2,1-3H3. The molecule has 0 aliphatic rings. The lowest BCUT2D eigenvalue weighted by molar-refractivity contribution is 0.0526. The Balaban J connectivity index is 2.77. The normalized spacial score (nSPS) is 11.4. The maximum absolute atomic E-state index is 12.0. The highest BCUT2D eigenvalue weighted by molar-refractivity contribution is 7.91. The fourth-order valence-electron chi connectivity index (χ4n) is 1.60. The van der Waals surface area contributed by atoms with Crippen molar-refractivity contribution in [2.45, 2.75) is 26.0 Å². The molecule has 0 saturated carbocycles. The molecule has 118 valence electrons. The van der Waals surface area contributed by atoms with Gasteiger partial charge in [0.2, 0.25) is 0 Å². The molecule has 1 aromatic carbocycles. The second kappa shape index (κ2) is 7.31. The molecule has 0 atom stereocenters. The molecule has 21 heavy (non-hydrogen) atoms. The average Bonchev–Trinajstić information content (AvgIpc) is 2.38. The topological polar surface area (TPSA) is 95.7 Å². The van der Waals surface area contributed by atoms with Crippen molar-refractivity contribution in [1.29, 1.82) is 0 Å². The van der Waals surface area contributed by atoms with Gasteiger partial charge in [-0.05, 0) is 32.9 Å². The number of nitrogens with two attached hydrogens (primary N) is 1. The van der Waals surface area contributed by atoms with Crippen LogP contribution in [0.25, 0.3) is 0 Å². The number of benzene rings is 1. The number of anilines is 1. The van der Waals surface area contributed by atoms with Gasteiger partial charge in [-0.1, -0.05) is 6.07 Å². The average molecular weight is 315 g/mol. The molecule has 0 aliphatic heterocycles. The predicted octanol–water partition coefficient (Wildman–Crippen LogP) is 1.65. The van der Waals surface area contributed by atoms with Crippen LogP contribution in [0, 0.1) is 0 Å². The molecule has 2 N–H and O–H groups in total. The fourth-order valence-corrected chi connectivity index (χ4v) is 2.39. The summed E-state index contributed by atoms with van der Waals surface area (Å²) in [6, 6.07) is 4.84. The number of esters is 1. The van der Waals surface area contributed by atoms with Crippen molar-refractivity contribution in [3.8, 4) is 5.75 Å². The van der Waals surface area contributed by atoms with Gasteiger partial charge in [-0.3, -0.25) is 0 Å². The number of sulfone groups is 1. The van der Waals surface area contributed by atoms with Crippen molar-refractivity contribution in [1.82, 2.24) is 0 Å². The molecule has 0 aliphatic carbocycles. The van der Waals surface area contributed by atoms with Crippen LogP contribution < -0.4 is 10.5 Å². The second-order valence-corrected chi connectivity index (χ2v) is 7.38. The fraction of sp³-hybridized carbons (Fsp3) is 0.500. The summed E-state index contributed by atoms with van der Waals surface area (Å²) in [6.07, 6.45) is 0. The summed E-state index contributed by atoms with van der Waals surface area (Å²) in [7, 11) is -3.25. The van der Waals surface area contributed by atoms with Crippen LogP contribution in [-0.2, 0) is 14.6 Å². The number of carbonyl (C=O) groups excluding carboxylic acids is 1. The number of hydrogen-bond acceptors (Lipinski definition) is 6. The summed E-state index contributed by atoms with van der Waals surface area (Å²) in [6.45, 7) is 5.12. The van der Waals surface area contributed by atoms with Gasteiger partial charge in [-0.15, -0.1) is 0 Å². The van der Waals surface area contributed by atoms with Crippen LogP contribution in [0.2, 0.25) is 0 Å². The quantitative estimate of drug-likeness (QED) is 0.607. The Hall–Kier alpha value is -1.76. The van der Waals surface area contributed by atoms with Gasteiger partial charge in [-0.25, -0.2) is 13.2 Å². The van der Waals surface area contributed by atoms with Crippen LogP contribution in [0.3, 0.4) is 0 Å². The largest absolute Gasteiger partial charge is 0.493 e. The zero-order chi connectivity index (χ0) is 16.0. The second-order valence-electron chi connectivity index (χ2n) is 4.71. The molecule has 0 heterocycles. The van der Waals surface area contributed by atoms with Crippen molar-refractivity contribution in [3.05, 3.63) is 23.8 Å². The number of hydrogen-bond donors (Lipinski definition) is 1. The third-order valence-electron chi connectivity index (χ3n) is 2.88. The molecule has 1 aromatic rings. The van der Waals surface area contributed by atoms with Crippen LogP contribution in [-0.4, -0.2) is 38.6 Å². The summed E-state index contributed by atoms with van der Waals surface area (Å²) in [5.41, 5.74) is 6.12. The van der Waals surface area contributed by atoms with E-state index in [1.807, 2.05) is 0 Å². The smallest absolute Gasteiger partial charge is 0.344 e. The minimum Gasteiger partial charge on any atom is -0.493 e. The van der Waals surface area contributed by atoms with E-state index >= 15 is 0 Å². The first-order chi connectivity index (χ1) is 9.79. The van der Waals surface area contributed by atoms with Crippen LogP contribution >= 0.6 is 0 Å². The molecule has 0 bridgehead atoms. The lowest BCUT2D eigenvalue weighted by Gasteiger charge is -2.12. The van der Waals surface area contributed by atoms with Gasteiger partial charge < -0.3 is 15.2 Å². The SMILES string of the molecule is CCOc1cccc(N)c1C(=O)OCCS(=O)(=O)C(C)C. The third-order valence-corrected chi connectivity index (χ3v) is 5.05.